The van der Waals surface area contributed by atoms with Crippen LogP contribution in [0.2, 0.25) is 0 Å². The van der Waals surface area contributed by atoms with E-state index in [1.807, 2.05) is 0 Å². The maximum Gasteiger partial charge on any atom is 0.343 e. The number of aromatic nitrogens is 2. The van der Waals surface area contributed by atoms with Crippen molar-refractivity contribution in [1.29, 1.82) is 0 Å². The van der Waals surface area contributed by atoms with E-state index in [0.717, 1.165) is 22.1 Å². The molecule has 1 amide bonds. The van der Waals surface area contributed by atoms with Crippen LogP contribution < -0.4 is 5.56 Å². The number of rotatable bonds is 3. The van der Waals surface area contributed by atoms with Crippen LogP contribution in [-0.4, -0.2) is 44.2 Å². The van der Waals surface area contributed by atoms with E-state index in [0.29, 0.717) is 35.3 Å². The van der Waals surface area contributed by atoms with Crippen LogP contribution in [-0.2, 0) is 39.5 Å². The lowest BCUT2D eigenvalue weighted by molar-refractivity contribution is -0.172. The lowest BCUT2D eigenvalue weighted by atomic mass is 9.81. The Morgan fingerprint density at radius 1 is 1.32 bits per heavy atom. The first kappa shape index (κ1) is 24.1. The summed E-state index contributed by atoms with van der Waals surface area (Å²) in [5, 5.41) is 12.0. The Labute approximate surface area is 217 Å². The summed E-state index contributed by atoms with van der Waals surface area (Å²) < 4.78 is 21.7. The first-order valence-corrected chi connectivity index (χ1v) is 12.9. The molecule has 0 radical (unpaired) electrons. The van der Waals surface area contributed by atoms with Gasteiger partial charge in [0.15, 0.2) is 5.60 Å². The predicted octanol–water partition coefficient (Wildman–Crippen LogP) is 2.90. The molecule has 192 valence electrons. The minimum atomic E-state index is -1.94. The molecule has 1 aromatic carbocycles. The Hall–Kier alpha value is -3.24. The topological polar surface area (TPSA) is 102 Å². The SMILES string of the molecule is CC[C@@]1(O)C(=O)OCc2c1cc1n(c2=O)Cc2c-1nc1cc(F)c(C)c3c1c2[C@@H](N(C)C(=O)CS)CC3. The highest BCUT2D eigenvalue weighted by Gasteiger charge is 2.46. The number of esters is 1. The fourth-order valence-corrected chi connectivity index (χ4v) is 6.43. The van der Waals surface area contributed by atoms with Crippen LogP contribution in [0.15, 0.2) is 16.9 Å². The molecule has 3 aromatic rings. The zero-order chi connectivity index (χ0) is 26.4. The quantitative estimate of drug-likeness (QED) is 0.316. The smallest absolute Gasteiger partial charge is 0.343 e. The van der Waals surface area contributed by atoms with Crippen LogP contribution in [0.4, 0.5) is 4.39 Å². The van der Waals surface area contributed by atoms with Crippen molar-refractivity contribution in [2.75, 3.05) is 12.8 Å². The number of carbonyl (C=O) groups is 2. The number of hydrogen-bond acceptors (Lipinski definition) is 7. The van der Waals surface area contributed by atoms with Crippen molar-refractivity contribution in [1.82, 2.24) is 14.5 Å². The summed E-state index contributed by atoms with van der Waals surface area (Å²) in [6, 6.07) is 2.75. The van der Waals surface area contributed by atoms with Crippen LogP contribution in [0.1, 0.15) is 59.2 Å². The van der Waals surface area contributed by atoms with Crippen molar-refractivity contribution in [3.05, 3.63) is 61.7 Å². The van der Waals surface area contributed by atoms with E-state index >= 15 is 0 Å². The minimum absolute atomic E-state index is 0.0392. The molecule has 4 heterocycles. The number of aliphatic hydroxyl groups is 1. The summed E-state index contributed by atoms with van der Waals surface area (Å²) in [5.74, 6) is -1.24. The molecule has 0 bridgehead atoms. The number of pyridine rings is 2. The molecule has 0 unspecified atom stereocenters. The number of ether oxygens (including phenoxy) is 1. The number of cyclic esters (lactones) is 1. The summed E-state index contributed by atoms with van der Waals surface area (Å²) in [6.07, 6.45) is 1.22. The molecular formula is C27H26FN3O5S. The van der Waals surface area contributed by atoms with Gasteiger partial charge in [0.1, 0.15) is 12.4 Å². The maximum atomic E-state index is 15.0. The third kappa shape index (κ3) is 3.11. The molecule has 6 rings (SSSR count). The van der Waals surface area contributed by atoms with E-state index in [-0.39, 0.29) is 59.8 Å². The van der Waals surface area contributed by atoms with Crippen molar-refractivity contribution in [3.63, 3.8) is 0 Å². The normalized spacial score (nSPS) is 21.4. The van der Waals surface area contributed by atoms with Gasteiger partial charge in [0, 0.05) is 29.6 Å². The second kappa shape index (κ2) is 8.13. The average molecular weight is 524 g/mol. The average Bonchev–Trinajstić information content (AvgIpc) is 3.27. The van der Waals surface area contributed by atoms with Gasteiger partial charge >= 0.3 is 5.97 Å². The van der Waals surface area contributed by atoms with Gasteiger partial charge in [-0.05, 0) is 48.9 Å². The van der Waals surface area contributed by atoms with Gasteiger partial charge in [-0.15, -0.1) is 0 Å². The first-order valence-electron chi connectivity index (χ1n) is 12.3. The van der Waals surface area contributed by atoms with Crippen molar-refractivity contribution >= 4 is 35.4 Å². The molecule has 1 N–H and O–H groups in total. The number of thiol groups is 1. The van der Waals surface area contributed by atoms with Gasteiger partial charge < -0.3 is 19.3 Å². The number of amides is 1. The number of aryl methyl sites for hydroxylation is 1. The highest BCUT2D eigenvalue weighted by molar-refractivity contribution is 7.81. The number of carbonyl (C=O) groups excluding carboxylic acids is 2. The molecule has 0 saturated carbocycles. The molecule has 0 saturated heterocycles. The Morgan fingerprint density at radius 2 is 2.08 bits per heavy atom. The lowest BCUT2D eigenvalue weighted by Gasteiger charge is -2.35. The fourth-order valence-electron chi connectivity index (χ4n) is 6.20. The van der Waals surface area contributed by atoms with Crippen LogP contribution in [0, 0.1) is 12.7 Å². The van der Waals surface area contributed by atoms with Gasteiger partial charge in [-0.2, -0.15) is 12.6 Å². The number of halogens is 1. The van der Waals surface area contributed by atoms with E-state index < -0.39 is 11.6 Å². The van der Waals surface area contributed by atoms with Crippen LogP contribution in [0.5, 0.6) is 0 Å². The third-order valence-corrected chi connectivity index (χ3v) is 8.61. The molecule has 37 heavy (non-hydrogen) atoms. The summed E-state index contributed by atoms with van der Waals surface area (Å²) in [7, 11) is 1.74. The number of nitrogens with zero attached hydrogens (tertiary/aromatic N) is 3. The second-order valence-electron chi connectivity index (χ2n) is 10.0. The summed E-state index contributed by atoms with van der Waals surface area (Å²) in [5.41, 5.74) is 2.63. The van der Waals surface area contributed by atoms with Crippen molar-refractivity contribution < 1.29 is 23.8 Å². The third-order valence-electron chi connectivity index (χ3n) is 8.34. The highest BCUT2D eigenvalue weighted by Crippen LogP contribution is 2.47. The van der Waals surface area contributed by atoms with Crippen LogP contribution in [0.3, 0.4) is 0 Å². The molecule has 2 atom stereocenters. The van der Waals surface area contributed by atoms with Gasteiger partial charge in [-0.3, -0.25) is 9.59 Å². The molecule has 2 aliphatic heterocycles. The first-order chi connectivity index (χ1) is 17.6. The zero-order valence-corrected chi connectivity index (χ0v) is 21.6. The summed E-state index contributed by atoms with van der Waals surface area (Å²) in [6.45, 7) is 3.39. The number of fused-ring (bicyclic) bond motifs is 5. The minimum Gasteiger partial charge on any atom is -0.458 e. The van der Waals surface area contributed by atoms with E-state index in [1.165, 1.54) is 6.07 Å². The monoisotopic (exact) mass is 523 g/mol. The van der Waals surface area contributed by atoms with E-state index in [1.54, 1.807) is 36.4 Å². The molecule has 0 fully saturated rings. The zero-order valence-electron chi connectivity index (χ0n) is 20.7. The molecule has 8 nitrogen and oxygen atoms in total. The van der Waals surface area contributed by atoms with Crippen LogP contribution >= 0.6 is 12.6 Å². The number of benzene rings is 1. The largest absolute Gasteiger partial charge is 0.458 e. The van der Waals surface area contributed by atoms with E-state index in [2.05, 4.69) is 12.6 Å². The highest BCUT2D eigenvalue weighted by atomic mass is 32.1. The van der Waals surface area contributed by atoms with E-state index in [9.17, 15) is 23.9 Å². The van der Waals surface area contributed by atoms with Crippen molar-refractivity contribution in [2.45, 2.75) is 57.9 Å². The van der Waals surface area contributed by atoms with Crippen molar-refractivity contribution in [2.24, 2.45) is 0 Å². The Morgan fingerprint density at radius 3 is 2.78 bits per heavy atom. The van der Waals surface area contributed by atoms with Gasteiger partial charge in [0.05, 0.1) is 40.8 Å². The van der Waals surface area contributed by atoms with Gasteiger partial charge in [-0.1, -0.05) is 6.92 Å². The van der Waals surface area contributed by atoms with E-state index in [4.69, 9.17) is 9.72 Å². The Bertz CT molecular complexity index is 1620. The van der Waals surface area contributed by atoms with Crippen LogP contribution in [0.25, 0.3) is 22.3 Å². The molecule has 1 aliphatic carbocycles. The molecule has 10 heteroatoms. The fraction of sp³-hybridized carbons (Fsp3) is 0.407. The molecule has 0 spiro atoms. The second-order valence-corrected chi connectivity index (χ2v) is 10.3. The lowest BCUT2D eigenvalue weighted by Crippen LogP contribution is -2.44. The maximum absolute atomic E-state index is 15.0. The molecule has 2 aromatic heterocycles. The van der Waals surface area contributed by atoms with Crippen molar-refractivity contribution in [3.8, 4) is 11.4 Å². The summed E-state index contributed by atoms with van der Waals surface area (Å²) >= 11 is 4.18. The summed E-state index contributed by atoms with van der Waals surface area (Å²) in [4.78, 5) is 45.3. The standard InChI is InChI=1S/C27H26FN3O5S/c1-4-27(35)16-7-20-24-14(9-31(20)25(33)15(16)10-36-26(27)34)23-19(30(3)21(32)11-37)6-5-13-12(2)17(28)8-18(29-24)22(13)23/h7-8,19,35,37H,4-6,9-11H2,1-3H3/t19-,27-/m0/s1. The Kier molecular flexibility index (Phi) is 5.30. The predicted molar refractivity (Wildman–Crippen MR) is 137 cm³/mol. The van der Waals surface area contributed by atoms with Gasteiger partial charge in [-0.25, -0.2) is 14.2 Å². The van der Waals surface area contributed by atoms with Gasteiger partial charge in [0.2, 0.25) is 5.91 Å². The molecular weight excluding hydrogens is 497 g/mol. The van der Waals surface area contributed by atoms with Gasteiger partial charge in [0.25, 0.3) is 5.56 Å². The molecule has 3 aliphatic rings. The Balaban J connectivity index is 1.68. The number of hydrogen-bond donors (Lipinski definition) is 2.